The Kier molecular flexibility index (Phi) is 4.45. The number of hydrogen-bond donors (Lipinski definition) is 1. The number of hydrazone groups is 1. The average molecular weight is 248 g/mol. The van der Waals surface area contributed by atoms with Gasteiger partial charge in [0.1, 0.15) is 5.82 Å². The molecule has 0 atom stereocenters. The number of benzene rings is 1. The lowest BCUT2D eigenvalue weighted by Crippen LogP contribution is -2.28. The van der Waals surface area contributed by atoms with E-state index in [0.29, 0.717) is 0 Å². The van der Waals surface area contributed by atoms with Gasteiger partial charge in [0.25, 0.3) is 0 Å². The predicted molar refractivity (Wildman–Crippen MR) is 68.7 cm³/mol. The number of halogens is 1. The van der Waals surface area contributed by atoms with Crippen LogP contribution in [0.15, 0.2) is 29.4 Å². The zero-order valence-electron chi connectivity index (χ0n) is 10.2. The third-order valence-electron chi connectivity index (χ3n) is 3.23. The lowest BCUT2D eigenvalue weighted by atomic mass is 9.89. The van der Waals surface area contributed by atoms with E-state index >= 15 is 0 Å². The van der Waals surface area contributed by atoms with E-state index in [-0.39, 0.29) is 17.6 Å². The Morgan fingerprint density at radius 1 is 1.22 bits per heavy atom. The summed E-state index contributed by atoms with van der Waals surface area (Å²) in [6, 6.07) is 5.96. The van der Waals surface area contributed by atoms with Crippen LogP contribution in [0.1, 0.15) is 37.7 Å². The molecule has 1 saturated carbocycles. The molecule has 0 aromatic heterocycles. The quantitative estimate of drug-likeness (QED) is 0.648. The van der Waals surface area contributed by atoms with Gasteiger partial charge in [-0.3, -0.25) is 4.79 Å². The van der Waals surface area contributed by atoms with E-state index in [1.165, 1.54) is 24.8 Å². The van der Waals surface area contributed by atoms with Crippen LogP contribution in [0.2, 0.25) is 0 Å². The van der Waals surface area contributed by atoms with Crippen LogP contribution in [0.4, 0.5) is 4.39 Å². The van der Waals surface area contributed by atoms with E-state index in [2.05, 4.69) is 10.5 Å². The van der Waals surface area contributed by atoms with Crippen molar-refractivity contribution in [2.24, 2.45) is 11.0 Å². The predicted octanol–water partition coefficient (Wildman–Crippen LogP) is 2.86. The molecular weight excluding hydrogens is 231 g/mol. The van der Waals surface area contributed by atoms with Gasteiger partial charge in [-0.1, -0.05) is 31.4 Å². The number of rotatable bonds is 3. The maximum absolute atomic E-state index is 12.7. The van der Waals surface area contributed by atoms with Crippen LogP contribution < -0.4 is 5.43 Å². The first kappa shape index (κ1) is 12.7. The molecule has 1 amide bonds. The van der Waals surface area contributed by atoms with Crippen LogP contribution in [0, 0.1) is 11.7 Å². The molecule has 0 aliphatic heterocycles. The van der Waals surface area contributed by atoms with Crippen LogP contribution in [-0.2, 0) is 4.79 Å². The highest BCUT2D eigenvalue weighted by Gasteiger charge is 2.20. The van der Waals surface area contributed by atoms with Gasteiger partial charge >= 0.3 is 0 Å². The number of carbonyl (C=O) groups is 1. The second-order valence-electron chi connectivity index (χ2n) is 4.62. The molecule has 0 bridgehead atoms. The molecule has 1 aliphatic rings. The van der Waals surface area contributed by atoms with Gasteiger partial charge in [-0.25, -0.2) is 9.82 Å². The summed E-state index contributed by atoms with van der Waals surface area (Å²) in [6.07, 6.45) is 6.91. The minimum absolute atomic E-state index is 0.00642. The molecule has 0 spiro atoms. The molecule has 0 saturated heterocycles. The Bertz CT molecular complexity index is 422. The van der Waals surface area contributed by atoms with Gasteiger partial charge in [0.05, 0.1) is 6.21 Å². The van der Waals surface area contributed by atoms with Gasteiger partial charge < -0.3 is 0 Å². The van der Waals surface area contributed by atoms with Gasteiger partial charge in [-0.2, -0.15) is 5.10 Å². The zero-order chi connectivity index (χ0) is 12.8. The van der Waals surface area contributed by atoms with E-state index in [1.54, 1.807) is 12.1 Å². The molecule has 0 unspecified atom stereocenters. The fourth-order valence-corrected chi connectivity index (χ4v) is 2.18. The second kappa shape index (κ2) is 6.28. The van der Waals surface area contributed by atoms with Crippen molar-refractivity contribution >= 4 is 12.1 Å². The van der Waals surface area contributed by atoms with Crippen molar-refractivity contribution in [2.45, 2.75) is 32.1 Å². The minimum Gasteiger partial charge on any atom is -0.273 e. The summed E-state index contributed by atoms with van der Waals surface area (Å²) in [7, 11) is 0. The van der Waals surface area contributed by atoms with Gasteiger partial charge in [0, 0.05) is 5.92 Å². The SMILES string of the molecule is O=C(N/N=C/c1ccc(F)cc1)C1CCCCC1. The van der Waals surface area contributed by atoms with Crippen molar-refractivity contribution in [3.63, 3.8) is 0 Å². The summed E-state index contributed by atoms with van der Waals surface area (Å²) in [5, 5.41) is 3.90. The Balaban J connectivity index is 1.83. The van der Waals surface area contributed by atoms with E-state index < -0.39 is 0 Å². The van der Waals surface area contributed by atoms with E-state index in [4.69, 9.17) is 0 Å². The summed E-state index contributed by atoms with van der Waals surface area (Å²) in [5.74, 6) is -0.185. The molecule has 2 rings (SSSR count). The highest BCUT2D eigenvalue weighted by Crippen LogP contribution is 2.23. The van der Waals surface area contributed by atoms with Crippen molar-refractivity contribution < 1.29 is 9.18 Å². The highest BCUT2D eigenvalue weighted by atomic mass is 19.1. The summed E-state index contributed by atoms with van der Waals surface area (Å²) in [4.78, 5) is 11.8. The fraction of sp³-hybridized carbons (Fsp3) is 0.429. The van der Waals surface area contributed by atoms with E-state index in [0.717, 1.165) is 31.2 Å². The molecule has 1 aliphatic carbocycles. The van der Waals surface area contributed by atoms with Crippen molar-refractivity contribution in [2.75, 3.05) is 0 Å². The third kappa shape index (κ3) is 3.65. The van der Waals surface area contributed by atoms with Crippen molar-refractivity contribution in [1.29, 1.82) is 0 Å². The first-order chi connectivity index (χ1) is 8.75. The number of nitrogens with one attached hydrogen (secondary N) is 1. The normalized spacial score (nSPS) is 16.9. The van der Waals surface area contributed by atoms with Crippen LogP contribution in [0.5, 0.6) is 0 Å². The monoisotopic (exact) mass is 248 g/mol. The largest absolute Gasteiger partial charge is 0.273 e. The highest BCUT2D eigenvalue weighted by molar-refractivity contribution is 5.83. The topological polar surface area (TPSA) is 41.5 Å². The smallest absolute Gasteiger partial charge is 0.243 e. The minimum atomic E-state index is -0.279. The summed E-state index contributed by atoms with van der Waals surface area (Å²) in [5.41, 5.74) is 3.32. The molecule has 4 heteroatoms. The number of amides is 1. The molecule has 96 valence electrons. The Hall–Kier alpha value is -1.71. The van der Waals surface area contributed by atoms with E-state index in [1.807, 2.05) is 0 Å². The molecule has 1 aromatic carbocycles. The van der Waals surface area contributed by atoms with Gasteiger partial charge in [-0.15, -0.1) is 0 Å². The summed E-state index contributed by atoms with van der Waals surface area (Å²) < 4.78 is 12.7. The first-order valence-electron chi connectivity index (χ1n) is 6.34. The molecular formula is C14H17FN2O. The van der Waals surface area contributed by atoms with Crippen molar-refractivity contribution in [3.05, 3.63) is 35.6 Å². The van der Waals surface area contributed by atoms with Crippen LogP contribution in [0.25, 0.3) is 0 Å². The van der Waals surface area contributed by atoms with Crippen molar-refractivity contribution in [1.82, 2.24) is 5.43 Å². The Morgan fingerprint density at radius 3 is 2.56 bits per heavy atom. The zero-order valence-corrected chi connectivity index (χ0v) is 10.2. The van der Waals surface area contributed by atoms with E-state index in [9.17, 15) is 9.18 Å². The van der Waals surface area contributed by atoms with Crippen LogP contribution in [-0.4, -0.2) is 12.1 Å². The van der Waals surface area contributed by atoms with Gasteiger partial charge in [-0.05, 0) is 30.5 Å². The standard InChI is InChI=1S/C14H17FN2O/c15-13-8-6-11(7-9-13)10-16-17-14(18)12-4-2-1-3-5-12/h6-10,12H,1-5H2,(H,17,18)/b16-10+. The second-order valence-corrected chi connectivity index (χ2v) is 4.62. The maximum Gasteiger partial charge on any atom is 0.243 e. The number of hydrogen-bond acceptors (Lipinski definition) is 2. The maximum atomic E-state index is 12.7. The lowest BCUT2D eigenvalue weighted by molar-refractivity contribution is -0.125. The third-order valence-corrected chi connectivity index (χ3v) is 3.23. The molecule has 1 aromatic rings. The van der Waals surface area contributed by atoms with Crippen LogP contribution >= 0.6 is 0 Å². The number of nitrogens with zero attached hydrogens (tertiary/aromatic N) is 1. The Morgan fingerprint density at radius 2 is 1.89 bits per heavy atom. The molecule has 18 heavy (non-hydrogen) atoms. The number of carbonyl (C=O) groups excluding carboxylic acids is 1. The van der Waals surface area contributed by atoms with Gasteiger partial charge in [0.2, 0.25) is 5.91 Å². The van der Waals surface area contributed by atoms with Crippen LogP contribution in [0.3, 0.4) is 0 Å². The molecule has 1 N–H and O–H groups in total. The van der Waals surface area contributed by atoms with Gasteiger partial charge in [0.15, 0.2) is 0 Å². The molecule has 0 radical (unpaired) electrons. The molecule has 0 heterocycles. The Labute approximate surface area is 106 Å². The van der Waals surface area contributed by atoms with Crippen molar-refractivity contribution in [3.8, 4) is 0 Å². The first-order valence-corrected chi connectivity index (χ1v) is 6.34. The average Bonchev–Trinajstić information content (AvgIpc) is 2.42. The molecule has 1 fully saturated rings. The fourth-order valence-electron chi connectivity index (χ4n) is 2.18. The lowest BCUT2D eigenvalue weighted by Gasteiger charge is -2.19. The summed E-state index contributed by atoms with van der Waals surface area (Å²) >= 11 is 0. The summed E-state index contributed by atoms with van der Waals surface area (Å²) in [6.45, 7) is 0. The molecule has 3 nitrogen and oxygen atoms in total.